The molecule has 19 heteroatoms. The summed E-state index contributed by atoms with van der Waals surface area (Å²) in [6.07, 6.45) is 2.90. The number of pyridine rings is 2. The molecule has 0 amide bonds. The molecule has 0 unspecified atom stereocenters. The van der Waals surface area contributed by atoms with E-state index in [9.17, 15) is 38.3 Å². The van der Waals surface area contributed by atoms with Gasteiger partial charge in [-0.3, -0.25) is 0 Å². The minimum atomic E-state index is -5.68. The SMILES string of the molecule is O=C(O)c1ccccn1.O=C(O)c1ccccn1.O=P([O-])([O-])OP(=O)([O-])[O-].[Na+].[Na+].[Na+].[Na+]. The van der Waals surface area contributed by atoms with Crippen LogP contribution < -0.4 is 138 Å². The largest absolute Gasteiger partial charge is 1.00 e. The number of nitrogens with zero attached hydrogens (tertiary/aromatic N) is 2. The number of aromatic carboxylic acids is 2. The van der Waals surface area contributed by atoms with Gasteiger partial charge in [-0.1, -0.05) is 12.1 Å². The molecule has 0 aliphatic heterocycles. The van der Waals surface area contributed by atoms with E-state index in [1.165, 1.54) is 24.5 Å². The molecule has 2 heterocycles. The number of hydrogen-bond acceptors (Lipinski definition) is 11. The van der Waals surface area contributed by atoms with E-state index in [2.05, 4.69) is 14.3 Å². The van der Waals surface area contributed by atoms with Crippen LogP contribution in [0.1, 0.15) is 21.0 Å². The summed E-state index contributed by atoms with van der Waals surface area (Å²) in [6.45, 7) is 0. The number of aromatic nitrogens is 2. The molecule has 13 nitrogen and oxygen atoms in total. The Bertz CT molecular complexity index is 767. The molecule has 0 saturated heterocycles. The van der Waals surface area contributed by atoms with Crippen LogP contribution >= 0.6 is 15.6 Å². The molecule has 0 bridgehead atoms. The number of phosphoric acid groups is 2. The molecule has 31 heavy (non-hydrogen) atoms. The van der Waals surface area contributed by atoms with Crippen molar-refractivity contribution >= 4 is 27.6 Å². The summed E-state index contributed by atoms with van der Waals surface area (Å²) in [6, 6.07) is 9.51. The maximum Gasteiger partial charge on any atom is 1.00 e. The van der Waals surface area contributed by atoms with Crippen molar-refractivity contribution in [1.29, 1.82) is 0 Å². The predicted octanol–water partition coefficient (Wildman–Crippen LogP) is -13.8. The van der Waals surface area contributed by atoms with Gasteiger partial charge in [-0.05, 0) is 24.3 Å². The minimum absolute atomic E-state index is 0. The Labute approximate surface area is 265 Å². The van der Waals surface area contributed by atoms with Gasteiger partial charge in [0.1, 0.15) is 11.4 Å². The molecule has 2 aromatic heterocycles. The molecule has 0 aromatic carbocycles. The van der Waals surface area contributed by atoms with E-state index in [1.807, 2.05) is 0 Å². The summed E-state index contributed by atoms with van der Waals surface area (Å²) >= 11 is 0. The first-order valence-electron chi connectivity index (χ1n) is 6.36. The zero-order valence-corrected chi connectivity index (χ0v) is 26.8. The van der Waals surface area contributed by atoms with Crippen LogP contribution in [0.4, 0.5) is 0 Å². The maximum absolute atomic E-state index is 10.1. The van der Waals surface area contributed by atoms with Crippen LogP contribution in [0.5, 0.6) is 0 Å². The van der Waals surface area contributed by atoms with Gasteiger partial charge in [-0.25, -0.2) is 19.6 Å². The number of rotatable bonds is 4. The van der Waals surface area contributed by atoms with Crippen LogP contribution in [0.25, 0.3) is 0 Å². The Kier molecular flexibility index (Phi) is 30.3. The first-order chi connectivity index (χ1) is 12.3. The Balaban J connectivity index is -0.000000102. The average Bonchev–Trinajstić information content (AvgIpc) is 2.54. The molecule has 0 fully saturated rings. The monoisotopic (exact) mass is 512 g/mol. The van der Waals surface area contributed by atoms with Crippen LogP contribution in [0.2, 0.25) is 0 Å². The van der Waals surface area contributed by atoms with Crippen molar-refractivity contribution in [2.24, 2.45) is 0 Å². The van der Waals surface area contributed by atoms with Crippen LogP contribution in [0.3, 0.4) is 0 Å². The van der Waals surface area contributed by atoms with Crippen molar-refractivity contribution in [1.82, 2.24) is 9.97 Å². The average molecular weight is 512 g/mol. The normalized spacial score (nSPS) is 9.16. The molecular formula is C12H10N2Na4O11P2. The molecule has 148 valence electrons. The second kappa shape index (κ2) is 22.0. The molecule has 0 radical (unpaired) electrons. The van der Waals surface area contributed by atoms with Crippen molar-refractivity contribution in [3.05, 3.63) is 60.2 Å². The number of carbonyl (C=O) groups is 2. The van der Waals surface area contributed by atoms with Crippen molar-refractivity contribution in [3.63, 3.8) is 0 Å². The fraction of sp³-hybridized carbons (Fsp3) is 0. The first kappa shape index (κ1) is 42.6. The van der Waals surface area contributed by atoms with E-state index in [-0.39, 0.29) is 130 Å². The molecule has 2 aromatic rings. The van der Waals surface area contributed by atoms with Gasteiger partial charge >= 0.3 is 130 Å². The summed E-state index contributed by atoms with van der Waals surface area (Å²) in [7, 11) is -11.4. The van der Waals surface area contributed by atoms with Crippen molar-refractivity contribution < 1.29 is 171 Å². The third-order valence-corrected chi connectivity index (χ3v) is 3.57. The number of carboxylic acids is 2. The van der Waals surface area contributed by atoms with E-state index in [4.69, 9.17) is 10.2 Å². The van der Waals surface area contributed by atoms with Gasteiger partial charge < -0.3 is 43.2 Å². The fourth-order valence-electron chi connectivity index (χ4n) is 1.10. The van der Waals surface area contributed by atoms with Gasteiger partial charge in [0.15, 0.2) is 0 Å². The van der Waals surface area contributed by atoms with Gasteiger partial charge in [0.2, 0.25) is 0 Å². The second-order valence-electron chi connectivity index (χ2n) is 4.02. The molecular weight excluding hydrogens is 502 g/mol. The van der Waals surface area contributed by atoms with E-state index in [0.717, 1.165) is 0 Å². The van der Waals surface area contributed by atoms with E-state index in [0.29, 0.717) is 0 Å². The second-order valence-corrected chi connectivity index (χ2v) is 6.46. The molecule has 2 rings (SSSR count). The van der Waals surface area contributed by atoms with Crippen LogP contribution in [0.15, 0.2) is 48.8 Å². The molecule has 2 N–H and O–H groups in total. The summed E-state index contributed by atoms with van der Waals surface area (Å²) in [4.78, 5) is 64.7. The minimum Gasteiger partial charge on any atom is -0.790 e. The zero-order chi connectivity index (χ0) is 21.1. The molecule has 0 saturated carbocycles. The van der Waals surface area contributed by atoms with Crippen molar-refractivity contribution in [2.75, 3.05) is 0 Å². The Hall–Kier alpha value is 1.50. The predicted molar refractivity (Wildman–Crippen MR) is 78.7 cm³/mol. The summed E-state index contributed by atoms with van der Waals surface area (Å²) < 4.78 is 21.2. The van der Waals surface area contributed by atoms with Crippen LogP contribution in [-0.2, 0) is 13.4 Å². The van der Waals surface area contributed by atoms with E-state index >= 15 is 0 Å². The third-order valence-electron chi connectivity index (χ3n) is 1.97. The Morgan fingerprint density at radius 3 is 1.10 bits per heavy atom. The van der Waals surface area contributed by atoms with Crippen LogP contribution in [0, 0.1) is 0 Å². The summed E-state index contributed by atoms with van der Waals surface area (Å²) in [5.74, 6) is -1.98. The van der Waals surface area contributed by atoms with Gasteiger partial charge in [0, 0.05) is 12.4 Å². The summed E-state index contributed by atoms with van der Waals surface area (Å²) in [5.41, 5.74) is 0.162. The zero-order valence-electron chi connectivity index (χ0n) is 17.0. The van der Waals surface area contributed by atoms with Gasteiger partial charge in [-0.15, -0.1) is 0 Å². The van der Waals surface area contributed by atoms with E-state index < -0.39 is 27.6 Å². The van der Waals surface area contributed by atoms with E-state index in [1.54, 1.807) is 24.3 Å². The number of carboxylic acid groups (broad SMARTS) is 2. The molecule has 0 spiro atoms. The topological polar surface area (TPSA) is 236 Å². The molecule has 0 aliphatic rings. The smallest absolute Gasteiger partial charge is 0.790 e. The Morgan fingerprint density at radius 2 is 1.00 bits per heavy atom. The van der Waals surface area contributed by atoms with Crippen molar-refractivity contribution in [2.45, 2.75) is 0 Å². The van der Waals surface area contributed by atoms with Gasteiger partial charge in [0.25, 0.3) is 0 Å². The van der Waals surface area contributed by atoms with Gasteiger partial charge in [0.05, 0.1) is 15.6 Å². The van der Waals surface area contributed by atoms with Crippen LogP contribution in [-0.4, -0.2) is 32.1 Å². The Morgan fingerprint density at radius 1 is 0.710 bits per heavy atom. The maximum atomic E-state index is 10.1. The molecule has 0 aliphatic carbocycles. The third kappa shape index (κ3) is 27.6. The number of hydrogen-bond donors (Lipinski definition) is 2. The van der Waals surface area contributed by atoms with Gasteiger partial charge in [-0.2, -0.15) is 0 Å². The standard InChI is InChI=1S/2C6H5NO2.4Na.H4O7P2/c2*8-6(9)5-3-1-2-4-7-5;;;;;1-8(2,3)7-9(4,5)6/h2*1-4H,(H,8,9);;;;;(H2,1,2,3)(H2,4,5,6)/q;;4*+1;/p-4. The summed E-state index contributed by atoms with van der Waals surface area (Å²) in [5, 5.41) is 16.6. The first-order valence-corrected chi connectivity index (χ1v) is 9.28. The van der Waals surface area contributed by atoms with Crippen molar-refractivity contribution in [3.8, 4) is 0 Å². The quantitative estimate of drug-likeness (QED) is 0.286. The fourth-order valence-corrected chi connectivity index (χ4v) is 2.08. The molecule has 0 atom stereocenters.